The molecule has 0 saturated carbocycles. The Balaban J connectivity index is 2.73. The summed E-state index contributed by atoms with van der Waals surface area (Å²) in [5.41, 5.74) is 5.91. The predicted octanol–water partition coefficient (Wildman–Crippen LogP) is 0.342. The summed E-state index contributed by atoms with van der Waals surface area (Å²) >= 11 is 0. The van der Waals surface area contributed by atoms with E-state index in [0.717, 1.165) is 0 Å². The molecule has 0 fully saturated rings. The average molecular weight is 180 g/mol. The van der Waals surface area contributed by atoms with Gasteiger partial charge in [-0.2, -0.15) is 0 Å². The molecule has 4 heteroatoms. The van der Waals surface area contributed by atoms with Gasteiger partial charge in [0, 0.05) is 5.56 Å². The Morgan fingerprint density at radius 2 is 2.31 bits per heavy atom. The van der Waals surface area contributed by atoms with Crippen molar-refractivity contribution in [2.24, 2.45) is 5.73 Å². The highest BCUT2D eigenvalue weighted by atomic mass is 16.5. The maximum atomic E-state index is 8.51. The van der Waals surface area contributed by atoms with Crippen LogP contribution in [0.2, 0.25) is 0 Å². The molecule has 0 aliphatic heterocycles. The summed E-state index contributed by atoms with van der Waals surface area (Å²) in [6.45, 7) is 0.228. The zero-order valence-corrected chi connectivity index (χ0v) is 7.16. The van der Waals surface area contributed by atoms with Gasteiger partial charge in [-0.1, -0.05) is 12.1 Å². The van der Waals surface area contributed by atoms with Crippen LogP contribution < -0.4 is 10.5 Å². The number of hydrogen-bond donors (Lipinski definition) is 3. The van der Waals surface area contributed by atoms with Crippen molar-refractivity contribution in [3.05, 3.63) is 29.8 Å². The first-order chi connectivity index (χ1) is 6.24. The van der Waals surface area contributed by atoms with Gasteiger partial charge >= 0.3 is 0 Å². The van der Waals surface area contributed by atoms with E-state index in [-0.39, 0.29) is 19.0 Å². The third kappa shape index (κ3) is 2.76. The van der Waals surface area contributed by atoms with Crippen LogP contribution in [-0.4, -0.2) is 24.2 Å². The lowest BCUT2D eigenvalue weighted by Crippen LogP contribution is -2.11. The molecule has 1 rings (SSSR count). The maximum absolute atomic E-state index is 8.51. The normalized spacial score (nSPS) is 9.62. The van der Waals surface area contributed by atoms with E-state index < -0.39 is 0 Å². The Labute approximate surface area is 76.5 Å². The van der Waals surface area contributed by atoms with Crippen LogP contribution in [0.5, 0.6) is 5.75 Å². The average Bonchev–Trinajstić information content (AvgIpc) is 2.15. The largest absolute Gasteiger partial charge is 0.491 e. The van der Waals surface area contributed by atoms with Gasteiger partial charge in [0.15, 0.2) is 0 Å². The molecule has 0 saturated heterocycles. The van der Waals surface area contributed by atoms with Crippen molar-refractivity contribution in [3.63, 3.8) is 0 Å². The Bertz CT molecular complexity index is 299. The minimum Gasteiger partial charge on any atom is -0.491 e. The van der Waals surface area contributed by atoms with Crippen LogP contribution in [0.3, 0.4) is 0 Å². The monoisotopic (exact) mass is 180 g/mol. The molecule has 0 atom stereocenters. The highest BCUT2D eigenvalue weighted by Gasteiger charge is 1.98. The molecule has 4 nitrogen and oxygen atoms in total. The van der Waals surface area contributed by atoms with E-state index in [1.165, 1.54) is 0 Å². The van der Waals surface area contributed by atoms with E-state index in [1.54, 1.807) is 24.3 Å². The van der Waals surface area contributed by atoms with E-state index in [9.17, 15) is 0 Å². The number of hydrogen-bond acceptors (Lipinski definition) is 3. The van der Waals surface area contributed by atoms with Gasteiger partial charge in [0.25, 0.3) is 0 Å². The molecule has 0 bridgehead atoms. The number of amidine groups is 1. The molecule has 0 spiro atoms. The molecule has 0 aliphatic rings. The topological polar surface area (TPSA) is 79.3 Å². The second-order valence-corrected chi connectivity index (χ2v) is 2.51. The smallest absolute Gasteiger partial charge is 0.122 e. The third-order valence-electron chi connectivity index (χ3n) is 1.51. The Kier molecular flexibility index (Phi) is 3.28. The maximum Gasteiger partial charge on any atom is 0.122 e. The van der Waals surface area contributed by atoms with Gasteiger partial charge in [0.1, 0.15) is 18.2 Å². The van der Waals surface area contributed by atoms with Crippen molar-refractivity contribution in [1.82, 2.24) is 0 Å². The number of aliphatic hydroxyl groups excluding tert-OH is 1. The molecule has 13 heavy (non-hydrogen) atoms. The van der Waals surface area contributed by atoms with Crippen molar-refractivity contribution >= 4 is 5.84 Å². The van der Waals surface area contributed by atoms with E-state index in [0.29, 0.717) is 11.3 Å². The van der Waals surface area contributed by atoms with Crippen LogP contribution in [0.15, 0.2) is 24.3 Å². The van der Waals surface area contributed by atoms with Crippen LogP contribution >= 0.6 is 0 Å². The molecule has 0 aliphatic carbocycles. The summed E-state index contributed by atoms with van der Waals surface area (Å²) in [4.78, 5) is 0. The molecular weight excluding hydrogens is 168 g/mol. The quantitative estimate of drug-likeness (QED) is 0.462. The van der Waals surface area contributed by atoms with Gasteiger partial charge in [-0.05, 0) is 12.1 Å². The van der Waals surface area contributed by atoms with Crippen LogP contribution in [-0.2, 0) is 0 Å². The number of rotatable bonds is 4. The van der Waals surface area contributed by atoms with E-state index >= 15 is 0 Å². The van der Waals surface area contributed by atoms with Crippen LogP contribution in [0.4, 0.5) is 0 Å². The third-order valence-corrected chi connectivity index (χ3v) is 1.51. The second kappa shape index (κ2) is 4.47. The minimum absolute atomic E-state index is 0.00875. The fourth-order valence-corrected chi connectivity index (χ4v) is 0.917. The van der Waals surface area contributed by atoms with E-state index in [4.69, 9.17) is 21.0 Å². The summed E-state index contributed by atoms with van der Waals surface area (Å²) in [6, 6.07) is 6.90. The second-order valence-electron chi connectivity index (χ2n) is 2.51. The lowest BCUT2D eigenvalue weighted by molar-refractivity contribution is 0.201. The molecule has 0 heterocycles. The van der Waals surface area contributed by atoms with Gasteiger partial charge in [-0.15, -0.1) is 0 Å². The summed E-state index contributed by atoms with van der Waals surface area (Å²) in [7, 11) is 0. The predicted molar refractivity (Wildman–Crippen MR) is 50.0 cm³/mol. The molecule has 1 aromatic rings. The van der Waals surface area contributed by atoms with Crippen molar-refractivity contribution in [2.45, 2.75) is 0 Å². The standard InChI is InChI=1S/C9H12N2O2/c10-9(11)7-2-1-3-8(6-7)13-5-4-12/h1-3,6,12H,4-5H2,(H3,10,11). The fourth-order valence-electron chi connectivity index (χ4n) is 0.917. The van der Waals surface area contributed by atoms with Crippen LogP contribution in [0, 0.1) is 5.41 Å². The zero-order chi connectivity index (χ0) is 9.68. The summed E-state index contributed by atoms with van der Waals surface area (Å²) in [5, 5.41) is 15.7. The summed E-state index contributed by atoms with van der Waals surface area (Å²) in [5.74, 6) is 0.621. The molecule has 1 aromatic carbocycles. The highest BCUT2D eigenvalue weighted by molar-refractivity contribution is 5.95. The number of nitrogens with one attached hydrogen (secondary N) is 1. The Morgan fingerprint density at radius 1 is 1.54 bits per heavy atom. The van der Waals surface area contributed by atoms with Crippen molar-refractivity contribution in [1.29, 1.82) is 5.41 Å². The summed E-state index contributed by atoms with van der Waals surface area (Å²) < 4.78 is 5.14. The Hall–Kier alpha value is -1.55. The molecule has 70 valence electrons. The van der Waals surface area contributed by atoms with Crippen molar-refractivity contribution in [3.8, 4) is 5.75 Å². The highest BCUT2D eigenvalue weighted by Crippen LogP contribution is 2.12. The van der Waals surface area contributed by atoms with Gasteiger partial charge in [0.2, 0.25) is 0 Å². The lowest BCUT2D eigenvalue weighted by atomic mass is 10.2. The number of nitrogens with two attached hydrogens (primary N) is 1. The van der Waals surface area contributed by atoms with E-state index in [2.05, 4.69) is 0 Å². The van der Waals surface area contributed by atoms with Gasteiger partial charge in [-0.25, -0.2) is 0 Å². The fraction of sp³-hybridized carbons (Fsp3) is 0.222. The van der Waals surface area contributed by atoms with Gasteiger partial charge in [0.05, 0.1) is 6.61 Å². The van der Waals surface area contributed by atoms with E-state index in [1.807, 2.05) is 0 Å². The van der Waals surface area contributed by atoms with Crippen LogP contribution in [0.1, 0.15) is 5.56 Å². The number of benzene rings is 1. The number of nitrogen functional groups attached to an aromatic ring is 1. The molecule has 0 amide bonds. The van der Waals surface area contributed by atoms with Crippen molar-refractivity contribution < 1.29 is 9.84 Å². The lowest BCUT2D eigenvalue weighted by Gasteiger charge is -2.05. The van der Waals surface area contributed by atoms with Crippen LogP contribution in [0.25, 0.3) is 0 Å². The number of aliphatic hydroxyl groups is 1. The molecule has 0 radical (unpaired) electrons. The summed E-state index contributed by atoms with van der Waals surface area (Å²) in [6.07, 6.45) is 0. The minimum atomic E-state index is -0.0235. The molecule has 0 aromatic heterocycles. The zero-order valence-electron chi connectivity index (χ0n) is 7.16. The molecular formula is C9H12N2O2. The first-order valence-electron chi connectivity index (χ1n) is 3.92. The van der Waals surface area contributed by atoms with Gasteiger partial charge in [-0.3, -0.25) is 5.41 Å². The van der Waals surface area contributed by atoms with Crippen molar-refractivity contribution in [2.75, 3.05) is 13.2 Å². The number of ether oxygens (including phenoxy) is 1. The Morgan fingerprint density at radius 3 is 2.92 bits per heavy atom. The molecule has 4 N–H and O–H groups in total. The first-order valence-corrected chi connectivity index (χ1v) is 3.92. The van der Waals surface area contributed by atoms with Gasteiger partial charge < -0.3 is 15.6 Å². The SMILES string of the molecule is N=C(N)c1cccc(OCCO)c1. The molecule has 0 unspecified atom stereocenters. The first kappa shape index (κ1) is 9.54.